The first-order valence-corrected chi connectivity index (χ1v) is 10.3. The summed E-state index contributed by atoms with van der Waals surface area (Å²) in [7, 11) is 0. The van der Waals surface area contributed by atoms with Crippen LogP contribution in [-0.2, 0) is 16.0 Å². The van der Waals surface area contributed by atoms with E-state index in [1.807, 2.05) is 48.5 Å². The molecule has 0 spiro atoms. The Bertz CT molecular complexity index is 1140. The lowest BCUT2D eigenvalue weighted by Gasteiger charge is -2.13. The number of pyridine rings is 1. The Kier molecular flexibility index (Phi) is 5.90. The van der Waals surface area contributed by atoms with Crippen molar-refractivity contribution in [2.45, 2.75) is 6.42 Å². The van der Waals surface area contributed by atoms with Gasteiger partial charge in [0, 0.05) is 25.5 Å². The first-order valence-electron chi connectivity index (χ1n) is 9.50. The number of hydrogen-bond acceptors (Lipinski definition) is 5. The number of imide groups is 1. The van der Waals surface area contributed by atoms with Crippen LogP contribution in [0.1, 0.15) is 11.1 Å². The van der Waals surface area contributed by atoms with Crippen molar-refractivity contribution in [2.75, 3.05) is 13.1 Å². The van der Waals surface area contributed by atoms with E-state index in [0.29, 0.717) is 4.91 Å². The molecule has 1 aromatic heterocycles. The summed E-state index contributed by atoms with van der Waals surface area (Å²) in [6.07, 6.45) is 5.16. The second-order valence-corrected chi connectivity index (χ2v) is 7.78. The molecule has 7 heteroatoms. The van der Waals surface area contributed by atoms with E-state index in [1.165, 1.54) is 0 Å². The van der Waals surface area contributed by atoms with Gasteiger partial charge in [0.25, 0.3) is 11.1 Å². The standard InChI is InChI=1S/C23H19N3O3S/c27-21(14-18-8-3-7-17-6-1-2-9-19(17)18)25-11-12-26-22(28)20(30-23(26)29)13-16-5-4-10-24-15-16/h1-10,13,15H,11-12,14H2,(H,25,27). The van der Waals surface area contributed by atoms with Crippen LogP contribution in [0.15, 0.2) is 71.9 Å². The van der Waals surface area contributed by atoms with Crippen LogP contribution in [0, 0.1) is 0 Å². The predicted molar refractivity (Wildman–Crippen MR) is 118 cm³/mol. The predicted octanol–water partition coefficient (Wildman–Crippen LogP) is 3.63. The van der Waals surface area contributed by atoms with E-state index < -0.39 is 0 Å². The lowest BCUT2D eigenvalue weighted by Crippen LogP contribution is -2.37. The molecular weight excluding hydrogens is 398 g/mol. The molecule has 4 rings (SSSR count). The van der Waals surface area contributed by atoms with Gasteiger partial charge in [-0.1, -0.05) is 48.5 Å². The van der Waals surface area contributed by atoms with Gasteiger partial charge >= 0.3 is 0 Å². The van der Waals surface area contributed by atoms with E-state index in [9.17, 15) is 14.4 Å². The van der Waals surface area contributed by atoms with E-state index in [0.717, 1.165) is 38.6 Å². The van der Waals surface area contributed by atoms with Gasteiger partial charge in [-0.05, 0) is 45.8 Å². The Morgan fingerprint density at radius 3 is 2.73 bits per heavy atom. The number of carbonyl (C=O) groups excluding carboxylic acids is 3. The summed E-state index contributed by atoms with van der Waals surface area (Å²) < 4.78 is 0. The van der Waals surface area contributed by atoms with Gasteiger partial charge in [-0.25, -0.2) is 0 Å². The van der Waals surface area contributed by atoms with E-state index >= 15 is 0 Å². The smallest absolute Gasteiger partial charge is 0.293 e. The van der Waals surface area contributed by atoms with Gasteiger partial charge in [-0.15, -0.1) is 0 Å². The molecule has 1 saturated heterocycles. The molecule has 3 aromatic rings. The van der Waals surface area contributed by atoms with E-state index in [2.05, 4.69) is 10.3 Å². The van der Waals surface area contributed by atoms with Crippen LogP contribution in [0.2, 0.25) is 0 Å². The Labute approximate surface area is 178 Å². The quantitative estimate of drug-likeness (QED) is 0.620. The minimum Gasteiger partial charge on any atom is -0.354 e. The molecule has 3 amide bonds. The molecule has 2 heterocycles. The molecule has 1 fully saturated rings. The molecule has 1 aliphatic rings. The normalized spacial score (nSPS) is 15.2. The fourth-order valence-corrected chi connectivity index (χ4v) is 4.16. The van der Waals surface area contributed by atoms with Crippen molar-refractivity contribution in [1.29, 1.82) is 0 Å². The van der Waals surface area contributed by atoms with Gasteiger partial charge in [-0.2, -0.15) is 0 Å². The number of fused-ring (bicyclic) bond motifs is 1. The number of rotatable bonds is 6. The Hall–Kier alpha value is -3.45. The van der Waals surface area contributed by atoms with Gasteiger partial charge in [0.15, 0.2) is 0 Å². The van der Waals surface area contributed by atoms with Crippen molar-refractivity contribution in [3.63, 3.8) is 0 Å². The van der Waals surface area contributed by atoms with Crippen molar-refractivity contribution in [3.8, 4) is 0 Å². The average molecular weight is 417 g/mol. The van der Waals surface area contributed by atoms with E-state index in [-0.39, 0.29) is 36.6 Å². The van der Waals surface area contributed by atoms with Crippen molar-refractivity contribution < 1.29 is 14.4 Å². The Morgan fingerprint density at radius 2 is 1.90 bits per heavy atom. The molecule has 0 radical (unpaired) electrons. The summed E-state index contributed by atoms with van der Waals surface area (Å²) in [4.78, 5) is 42.6. The monoisotopic (exact) mass is 417 g/mol. The molecule has 150 valence electrons. The maximum absolute atomic E-state index is 12.5. The highest BCUT2D eigenvalue weighted by molar-refractivity contribution is 8.18. The summed E-state index contributed by atoms with van der Waals surface area (Å²) in [6, 6.07) is 17.4. The van der Waals surface area contributed by atoms with Crippen LogP contribution in [0.25, 0.3) is 16.8 Å². The second-order valence-electron chi connectivity index (χ2n) is 6.78. The highest BCUT2D eigenvalue weighted by atomic mass is 32.2. The highest BCUT2D eigenvalue weighted by Crippen LogP contribution is 2.31. The Balaban J connectivity index is 1.34. The SMILES string of the molecule is O=C(Cc1cccc2ccccc12)NCCN1C(=O)SC(=Cc2cccnc2)C1=O. The van der Waals surface area contributed by atoms with E-state index in [4.69, 9.17) is 0 Å². The van der Waals surface area contributed by atoms with E-state index in [1.54, 1.807) is 24.5 Å². The number of carbonyl (C=O) groups is 3. The number of benzene rings is 2. The maximum atomic E-state index is 12.5. The third-order valence-corrected chi connectivity index (χ3v) is 5.65. The van der Waals surface area contributed by atoms with Crippen LogP contribution in [0.4, 0.5) is 4.79 Å². The lowest BCUT2D eigenvalue weighted by molar-refractivity contribution is -0.124. The van der Waals surface area contributed by atoms with Crippen LogP contribution in [0.3, 0.4) is 0 Å². The molecule has 0 bridgehead atoms. The number of aromatic nitrogens is 1. The van der Waals surface area contributed by atoms with Gasteiger partial charge < -0.3 is 5.32 Å². The molecule has 0 saturated carbocycles. The maximum Gasteiger partial charge on any atom is 0.293 e. The lowest BCUT2D eigenvalue weighted by atomic mass is 10.0. The topological polar surface area (TPSA) is 79.4 Å². The number of amides is 3. The van der Waals surface area contributed by atoms with Crippen molar-refractivity contribution in [2.24, 2.45) is 0 Å². The highest BCUT2D eigenvalue weighted by Gasteiger charge is 2.34. The first kappa shape index (κ1) is 19.8. The largest absolute Gasteiger partial charge is 0.354 e. The van der Waals surface area contributed by atoms with Crippen LogP contribution in [0.5, 0.6) is 0 Å². The van der Waals surface area contributed by atoms with Crippen LogP contribution >= 0.6 is 11.8 Å². The van der Waals surface area contributed by atoms with Gasteiger partial charge in [0.05, 0.1) is 11.3 Å². The molecule has 0 atom stereocenters. The molecule has 0 unspecified atom stereocenters. The van der Waals surface area contributed by atoms with Crippen molar-refractivity contribution >= 4 is 45.7 Å². The summed E-state index contributed by atoms with van der Waals surface area (Å²) in [5.41, 5.74) is 1.70. The third-order valence-electron chi connectivity index (χ3n) is 4.74. The van der Waals surface area contributed by atoms with Crippen LogP contribution < -0.4 is 5.32 Å². The Morgan fingerprint density at radius 1 is 1.07 bits per heavy atom. The fourth-order valence-electron chi connectivity index (χ4n) is 3.29. The molecular formula is C23H19N3O3S. The van der Waals surface area contributed by atoms with Crippen molar-refractivity contribution in [3.05, 3.63) is 83.0 Å². The number of thioether (sulfide) groups is 1. The number of nitrogens with zero attached hydrogens (tertiary/aromatic N) is 2. The molecule has 6 nitrogen and oxygen atoms in total. The minimum absolute atomic E-state index is 0.135. The summed E-state index contributed by atoms with van der Waals surface area (Å²) in [6.45, 7) is 0.345. The summed E-state index contributed by atoms with van der Waals surface area (Å²) in [5, 5.41) is 4.60. The van der Waals surface area contributed by atoms with Crippen molar-refractivity contribution in [1.82, 2.24) is 15.2 Å². The number of hydrogen-bond donors (Lipinski definition) is 1. The molecule has 2 aromatic carbocycles. The second kappa shape index (κ2) is 8.92. The zero-order chi connectivity index (χ0) is 20.9. The molecule has 1 aliphatic heterocycles. The number of nitrogens with one attached hydrogen (secondary N) is 1. The molecule has 0 aliphatic carbocycles. The van der Waals surface area contributed by atoms with Gasteiger partial charge in [0.2, 0.25) is 5.91 Å². The van der Waals surface area contributed by atoms with Crippen LogP contribution in [-0.4, -0.2) is 40.0 Å². The summed E-state index contributed by atoms with van der Waals surface area (Å²) >= 11 is 0.898. The average Bonchev–Trinajstić information content (AvgIpc) is 3.02. The minimum atomic E-state index is -0.350. The fraction of sp³-hybridized carbons (Fsp3) is 0.130. The summed E-state index contributed by atoms with van der Waals surface area (Å²) in [5.74, 6) is -0.499. The first-order chi connectivity index (χ1) is 14.6. The third kappa shape index (κ3) is 4.41. The zero-order valence-corrected chi connectivity index (χ0v) is 16.9. The molecule has 30 heavy (non-hydrogen) atoms. The molecule has 1 N–H and O–H groups in total. The zero-order valence-electron chi connectivity index (χ0n) is 16.1. The van der Waals surface area contributed by atoms with Gasteiger partial charge in [0.1, 0.15) is 0 Å². The van der Waals surface area contributed by atoms with Gasteiger partial charge in [-0.3, -0.25) is 24.3 Å².